The summed E-state index contributed by atoms with van der Waals surface area (Å²) < 4.78 is 39.3. The quantitative estimate of drug-likeness (QED) is 0.366. The number of anilines is 3. The van der Waals surface area contributed by atoms with Crippen molar-refractivity contribution in [2.24, 2.45) is 11.3 Å². The summed E-state index contributed by atoms with van der Waals surface area (Å²) in [6.45, 7) is 10.4. The molecule has 1 fully saturated rings. The molecule has 0 bridgehead atoms. The van der Waals surface area contributed by atoms with Crippen molar-refractivity contribution in [3.63, 3.8) is 0 Å². The summed E-state index contributed by atoms with van der Waals surface area (Å²) in [5.74, 6) is -0.854. The monoisotopic (exact) mass is 526 g/mol. The molecule has 0 atom stereocenters. The Morgan fingerprint density at radius 2 is 1.87 bits per heavy atom. The van der Waals surface area contributed by atoms with Gasteiger partial charge in [0.25, 0.3) is 0 Å². The molecule has 1 aliphatic rings. The van der Waals surface area contributed by atoms with Crippen LogP contribution in [0.15, 0.2) is 24.3 Å². The number of benzene rings is 2. The maximum Gasteiger partial charge on any atom is 0.391 e. The maximum absolute atomic E-state index is 13.1. The number of alkyl halides is 3. The van der Waals surface area contributed by atoms with E-state index in [4.69, 9.17) is 0 Å². The molecular formula is C28H33F3N6O. The Bertz CT molecular complexity index is 1390. The Balaban J connectivity index is 1.57. The first kappa shape index (κ1) is 27.3. The summed E-state index contributed by atoms with van der Waals surface area (Å²) in [6.07, 6.45) is -4.18. The SMILES string of the molecule is Cc1ccc(CNC(=O)C(C)(C)C)c(C)c1Nc1nc2cc(N3CCC(C(F)(F)F)CC3)c(C#N)cc2[nH]1. The zero-order chi connectivity index (χ0) is 27.8. The lowest BCUT2D eigenvalue weighted by Gasteiger charge is -2.34. The van der Waals surface area contributed by atoms with Crippen molar-refractivity contribution < 1.29 is 18.0 Å². The summed E-state index contributed by atoms with van der Waals surface area (Å²) in [4.78, 5) is 22.0. The van der Waals surface area contributed by atoms with E-state index in [1.165, 1.54) is 0 Å². The van der Waals surface area contributed by atoms with Crippen LogP contribution in [0.2, 0.25) is 0 Å². The normalized spacial score (nSPS) is 15.0. The van der Waals surface area contributed by atoms with Gasteiger partial charge in [0.1, 0.15) is 6.07 Å². The lowest BCUT2D eigenvalue weighted by Crippen LogP contribution is -2.39. The first-order valence-electron chi connectivity index (χ1n) is 12.7. The van der Waals surface area contributed by atoms with Gasteiger partial charge in [0.15, 0.2) is 0 Å². The number of hydrogen-bond donors (Lipinski definition) is 3. The number of aromatic nitrogens is 2. The molecule has 0 aliphatic carbocycles. The van der Waals surface area contributed by atoms with Crippen molar-refractivity contribution >= 4 is 34.3 Å². The predicted octanol–water partition coefficient (Wildman–Crippen LogP) is 6.24. The van der Waals surface area contributed by atoms with E-state index in [1.54, 1.807) is 12.1 Å². The molecule has 2 aromatic carbocycles. The lowest BCUT2D eigenvalue weighted by atomic mass is 9.95. The number of imidazole rings is 1. The summed E-state index contributed by atoms with van der Waals surface area (Å²) in [7, 11) is 0. The average Bonchev–Trinajstić information content (AvgIpc) is 3.25. The molecule has 3 N–H and O–H groups in total. The lowest BCUT2D eigenvalue weighted by molar-refractivity contribution is -0.179. The van der Waals surface area contributed by atoms with E-state index in [-0.39, 0.29) is 31.8 Å². The van der Waals surface area contributed by atoms with Crippen LogP contribution in [0, 0.1) is 36.5 Å². The number of piperidine rings is 1. The van der Waals surface area contributed by atoms with Gasteiger partial charge >= 0.3 is 6.18 Å². The highest BCUT2D eigenvalue weighted by atomic mass is 19.4. The first-order valence-corrected chi connectivity index (χ1v) is 12.7. The summed E-state index contributed by atoms with van der Waals surface area (Å²) >= 11 is 0. The number of nitriles is 1. The number of aromatic amines is 1. The second-order valence-corrected chi connectivity index (χ2v) is 11.0. The van der Waals surface area contributed by atoms with Crippen LogP contribution in [0.25, 0.3) is 11.0 Å². The van der Waals surface area contributed by atoms with Crippen LogP contribution < -0.4 is 15.5 Å². The number of H-pyrrole nitrogens is 1. The van der Waals surface area contributed by atoms with Gasteiger partial charge < -0.3 is 20.5 Å². The molecule has 3 aromatic rings. The first-order chi connectivity index (χ1) is 17.8. The van der Waals surface area contributed by atoms with E-state index >= 15 is 0 Å². The number of carbonyl (C=O) groups is 1. The number of nitrogens with zero attached hydrogens (tertiary/aromatic N) is 3. The van der Waals surface area contributed by atoms with E-state index < -0.39 is 17.5 Å². The van der Waals surface area contributed by atoms with Gasteiger partial charge in [-0.25, -0.2) is 4.98 Å². The molecule has 0 saturated carbocycles. The Labute approximate surface area is 220 Å². The third-order valence-electron chi connectivity index (χ3n) is 7.17. The zero-order valence-corrected chi connectivity index (χ0v) is 22.3. The van der Waals surface area contributed by atoms with Crippen molar-refractivity contribution in [3.8, 4) is 6.07 Å². The molecule has 7 nitrogen and oxygen atoms in total. The van der Waals surface area contributed by atoms with Gasteiger partial charge in [-0.2, -0.15) is 18.4 Å². The van der Waals surface area contributed by atoms with Gasteiger partial charge in [-0.3, -0.25) is 4.79 Å². The van der Waals surface area contributed by atoms with Crippen LogP contribution in [0.4, 0.5) is 30.5 Å². The molecule has 202 valence electrons. The highest BCUT2D eigenvalue weighted by Gasteiger charge is 2.41. The van der Waals surface area contributed by atoms with Gasteiger partial charge in [0, 0.05) is 30.7 Å². The van der Waals surface area contributed by atoms with Crippen LogP contribution in [0.5, 0.6) is 0 Å². The number of rotatable bonds is 5. The second-order valence-electron chi connectivity index (χ2n) is 11.0. The standard InChI is InChI=1S/C28H33F3N6O/c1-16-6-7-18(15-33-25(38)27(3,4)5)17(2)24(16)36-26-34-21-12-19(14-32)23(13-22(21)35-26)37-10-8-20(9-11-37)28(29,30)31/h6-7,12-13,20H,8-11,15H2,1-5H3,(H,33,38)(H2,34,35,36). The second kappa shape index (κ2) is 10.2. The third-order valence-corrected chi connectivity index (χ3v) is 7.17. The number of halogens is 3. The van der Waals surface area contributed by atoms with E-state index in [9.17, 15) is 23.2 Å². The average molecular weight is 527 g/mol. The highest BCUT2D eigenvalue weighted by Crippen LogP contribution is 2.37. The van der Waals surface area contributed by atoms with Gasteiger partial charge in [0.05, 0.1) is 28.2 Å². The van der Waals surface area contributed by atoms with Gasteiger partial charge in [-0.15, -0.1) is 0 Å². The number of aryl methyl sites for hydroxylation is 1. The smallest absolute Gasteiger partial charge is 0.370 e. The van der Waals surface area contributed by atoms with Crippen LogP contribution in [-0.2, 0) is 11.3 Å². The molecule has 1 aliphatic heterocycles. The minimum absolute atomic E-state index is 0.00484. The Morgan fingerprint density at radius 3 is 2.47 bits per heavy atom. The van der Waals surface area contributed by atoms with E-state index in [1.807, 2.05) is 51.7 Å². The van der Waals surface area contributed by atoms with Crippen molar-refractivity contribution in [2.45, 2.75) is 60.2 Å². The number of fused-ring (bicyclic) bond motifs is 1. The van der Waals surface area contributed by atoms with Gasteiger partial charge in [-0.05, 0) is 55.5 Å². The van der Waals surface area contributed by atoms with E-state index in [2.05, 4.69) is 26.7 Å². The van der Waals surface area contributed by atoms with Crippen LogP contribution in [-0.4, -0.2) is 35.1 Å². The Morgan fingerprint density at radius 1 is 1.18 bits per heavy atom. The molecule has 2 heterocycles. The fourth-order valence-corrected chi connectivity index (χ4v) is 4.74. The number of nitrogens with one attached hydrogen (secondary N) is 3. The van der Waals surface area contributed by atoms with Crippen molar-refractivity contribution in [3.05, 3.63) is 46.5 Å². The summed E-state index contributed by atoms with van der Waals surface area (Å²) in [6, 6.07) is 9.61. The highest BCUT2D eigenvalue weighted by molar-refractivity contribution is 5.86. The van der Waals surface area contributed by atoms with Crippen molar-refractivity contribution in [2.75, 3.05) is 23.3 Å². The topological polar surface area (TPSA) is 96.8 Å². The molecule has 1 aromatic heterocycles. The number of amides is 1. The molecule has 38 heavy (non-hydrogen) atoms. The van der Waals surface area contributed by atoms with Crippen molar-refractivity contribution in [1.29, 1.82) is 5.26 Å². The number of carbonyl (C=O) groups excluding carboxylic acids is 1. The van der Waals surface area contributed by atoms with Crippen LogP contribution in [0.1, 0.15) is 55.9 Å². The molecule has 0 spiro atoms. The van der Waals surface area contributed by atoms with E-state index in [0.29, 0.717) is 34.8 Å². The molecular weight excluding hydrogens is 493 g/mol. The Kier molecular flexibility index (Phi) is 7.33. The molecule has 10 heteroatoms. The van der Waals surface area contributed by atoms with Crippen LogP contribution in [0.3, 0.4) is 0 Å². The zero-order valence-electron chi connectivity index (χ0n) is 22.3. The summed E-state index contributed by atoms with van der Waals surface area (Å²) in [5, 5.41) is 16.1. The van der Waals surface area contributed by atoms with Gasteiger partial charge in [-0.1, -0.05) is 32.9 Å². The molecule has 1 saturated heterocycles. The van der Waals surface area contributed by atoms with Crippen LogP contribution >= 0.6 is 0 Å². The fourth-order valence-electron chi connectivity index (χ4n) is 4.74. The number of hydrogen-bond acceptors (Lipinski definition) is 5. The largest absolute Gasteiger partial charge is 0.391 e. The predicted molar refractivity (Wildman–Crippen MR) is 142 cm³/mol. The maximum atomic E-state index is 13.1. The molecule has 0 unspecified atom stereocenters. The van der Waals surface area contributed by atoms with E-state index in [0.717, 1.165) is 22.4 Å². The fraction of sp³-hybridized carbons (Fsp3) is 0.464. The van der Waals surface area contributed by atoms with Gasteiger partial charge in [0.2, 0.25) is 11.9 Å². The Hall–Kier alpha value is -3.74. The molecule has 1 amide bonds. The third kappa shape index (κ3) is 5.72. The molecule has 4 rings (SSSR count). The minimum Gasteiger partial charge on any atom is -0.370 e. The molecule has 0 radical (unpaired) electrons. The minimum atomic E-state index is -4.19. The van der Waals surface area contributed by atoms with Crippen molar-refractivity contribution in [1.82, 2.24) is 15.3 Å². The summed E-state index contributed by atoms with van der Waals surface area (Å²) in [5.41, 5.74) is 5.59.